The molecule has 9 heteroatoms. The summed E-state index contributed by atoms with van der Waals surface area (Å²) in [6, 6.07) is 3.15. The van der Waals surface area contributed by atoms with Gasteiger partial charge < -0.3 is 5.11 Å². The Balaban J connectivity index is 2.26. The maximum Gasteiger partial charge on any atom is 0.270 e. The van der Waals surface area contributed by atoms with Crippen LogP contribution in [0.15, 0.2) is 12.1 Å². The van der Waals surface area contributed by atoms with Gasteiger partial charge in [0.25, 0.3) is 11.9 Å². The molecule has 7 nitrogen and oxygen atoms in total. The predicted octanol–water partition coefficient (Wildman–Crippen LogP) is 1.37. The quantitative estimate of drug-likeness (QED) is 0.592. The Labute approximate surface area is 123 Å². The zero-order valence-corrected chi connectivity index (χ0v) is 12.4. The zero-order valence-electron chi connectivity index (χ0n) is 8.11. The monoisotopic (exact) mass is 457 g/mol. The number of rotatable bonds is 2. The summed E-state index contributed by atoms with van der Waals surface area (Å²) in [7, 11) is 0. The number of hydrogen-bond donors (Lipinski definition) is 3. The van der Waals surface area contributed by atoms with E-state index in [-0.39, 0.29) is 17.6 Å². The number of phenolic OH excluding ortho intramolecular Hbond substituents is 1. The first kappa shape index (κ1) is 12.5. The van der Waals surface area contributed by atoms with E-state index in [9.17, 15) is 9.90 Å². The second-order valence-electron chi connectivity index (χ2n) is 2.98. The molecule has 0 aliphatic carbocycles. The van der Waals surface area contributed by atoms with Crippen molar-refractivity contribution in [3.05, 3.63) is 24.8 Å². The van der Waals surface area contributed by atoms with Crippen molar-refractivity contribution >= 4 is 57.0 Å². The summed E-state index contributed by atoms with van der Waals surface area (Å²) < 4.78 is 1.21. The highest BCUT2D eigenvalue weighted by molar-refractivity contribution is 14.1. The Bertz CT molecular complexity index is 534. The third-order valence-electron chi connectivity index (χ3n) is 1.85. The number of hydrogen-bond acceptors (Lipinski definition) is 5. The van der Waals surface area contributed by atoms with Gasteiger partial charge in [0.1, 0.15) is 5.75 Å². The van der Waals surface area contributed by atoms with Gasteiger partial charge >= 0.3 is 0 Å². The summed E-state index contributed by atoms with van der Waals surface area (Å²) in [5.41, 5.74) is 0.418. The molecule has 0 fully saturated rings. The van der Waals surface area contributed by atoms with Crippen LogP contribution < -0.4 is 5.32 Å². The molecule has 88 valence electrons. The normalized spacial score (nSPS) is 10.2. The van der Waals surface area contributed by atoms with Crippen molar-refractivity contribution in [2.75, 3.05) is 5.32 Å². The first-order valence-electron chi connectivity index (χ1n) is 4.30. The summed E-state index contributed by atoms with van der Waals surface area (Å²) in [5, 5.41) is 24.8. The molecule has 1 aromatic carbocycles. The number of nitrogens with one attached hydrogen (secondary N) is 2. The largest absolute Gasteiger partial charge is 0.506 e. The van der Waals surface area contributed by atoms with Gasteiger partial charge in [-0.15, -0.1) is 5.10 Å². The number of aromatic hydroxyl groups is 1. The lowest BCUT2D eigenvalue weighted by molar-refractivity contribution is 0.102. The number of carbonyl (C=O) groups excluding carboxylic acids is 1. The standard InChI is InChI=1S/C8H5I2N5O2/c9-4-1-3(2-5(10)6(4)16)7(17)11-8-12-14-15-13-8/h1-2,16H,(H2,11,12,13,14,15,17). The molecule has 1 aromatic heterocycles. The van der Waals surface area contributed by atoms with Crippen LogP contribution in [0.5, 0.6) is 5.75 Å². The van der Waals surface area contributed by atoms with E-state index < -0.39 is 0 Å². The van der Waals surface area contributed by atoms with Crippen LogP contribution in [-0.4, -0.2) is 31.6 Å². The van der Waals surface area contributed by atoms with Gasteiger partial charge in [-0.05, 0) is 62.5 Å². The topological polar surface area (TPSA) is 104 Å². The van der Waals surface area contributed by atoms with E-state index in [1.165, 1.54) is 0 Å². The average Bonchev–Trinajstić information content (AvgIpc) is 2.77. The van der Waals surface area contributed by atoms with Gasteiger partial charge in [-0.1, -0.05) is 5.10 Å². The van der Waals surface area contributed by atoms with Crippen LogP contribution in [0.3, 0.4) is 0 Å². The molecule has 0 saturated heterocycles. The van der Waals surface area contributed by atoms with Crippen molar-refractivity contribution in [2.45, 2.75) is 0 Å². The minimum Gasteiger partial charge on any atom is -0.506 e. The van der Waals surface area contributed by atoms with Crippen LogP contribution in [0, 0.1) is 7.14 Å². The summed E-state index contributed by atoms with van der Waals surface area (Å²) in [6.45, 7) is 0. The summed E-state index contributed by atoms with van der Waals surface area (Å²) in [5.74, 6) is -0.0855. The van der Waals surface area contributed by atoms with E-state index in [1.54, 1.807) is 12.1 Å². The summed E-state index contributed by atoms with van der Waals surface area (Å²) in [6.07, 6.45) is 0. The van der Waals surface area contributed by atoms with Gasteiger partial charge in [-0.3, -0.25) is 10.1 Å². The zero-order chi connectivity index (χ0) is 12.4. The van der Waals surface area contributed by atoms with Crippen molar-refractivity contribution in [2.24, 2.45) is 0 Å². The Morgan fingerprint density at radius 2 is 2.00 bits per heavy atom. The molecule has 0 saturated carbocycles. The van der Waals surface area contributed by atoms with Gasteiger partial charge in [0.2, 0.25) is 0 Å². The van der Waals surface area contributed by atoms with Crippen LogP contribution in [0.4, 0.5) is 5.95 Å². The Morgan fingerprint density at radius 1 is 1.35 bits per heavy atom. The summed E-state index contributed by atoms with van der Waals surface area (Å²) in [4.78, 5) is 11.8. The van der Waals surface area contributed by atoms with E-state index in [0.29, 0.717) is 12.7 Å². The number of H-pyrrole nitrogens is 1. The first-order chi connectivity index (χ1) is 8.08. The summed E-state index contributed by atoms with van der Waals surface area (Å²) >= 11 is 3.91. The predicted molar refractivity (Wildman–Crippen MR) is 75.7 cm³/mol. The Kier molecular flexibility index (Phi) is 3.76. The molecule has 1 amide bonds. The van der Waals surface area contributed by atoms with Gasteiger partial charge in [0.15, 0.2) is 0 Å². The van der Waals surface area contributed by atoms with Crippen molar-refractivity contribution in [3.8, 4) is 5.75 Å². The lowest BCUT2D eigenvalue weighted by Crippen LogP contribution is -2.13. The SMILES string of the molecule is O=C(Nc1nn[nH]n1)c1cc(I)c(O)c(I)c1. The van der Waals surface area contributed by atoms with E-state index in [2.05, 4.69) is 25.9 Å². The highest BCUT2D eigenvalue weighted by Crippen LogP contribution is 2.27. The molecule has 0 atom stereocenters. The fraction of sp³-hybridized carbons (Fsp3) is 0. The third-order valence-corrected chi connectivity index (χ3v) is 3.49. The smallest absolute Gasteiger partial charge is 0.270 e. The molecule has 0 spiro atoms. The number of aromatic nitrogens is 4. The van der Waals surface area contributed by atoms with Crippen LogP contribution in [0.2, 0.25) is 0 Å². The molecule has 0 aliphatic rings. The number of nitrogens with zero attached hydrogens (tertiary/aromatic N) is 3. The van der Waals surface area contributed by atoms with Crippen molar-refractivity contribution in [1.82, 2.24) is 20.6 Å². The van der Waals surface area contributed by atoms with E-state index in [1.807, 2.05) is 45.2 Å². The molecule has 0 bridgehead atoms. The molecule has 2 aromatic rings. The van der Waals surface area contributed by atoms with Gasteiger partial charge in [0.05, 0.1) is 7.14 Å². The maximum atomic E-state index is 11.8. The lowest BCUT2D eigenvalue weighted by Gasteiger charge is -2.05. The van der Waals surface area contributed by atoms with Crippen LogP contribution in [-0.2, 0) is 0 Å². The minimum atomic E-state index is -0.359. The number of tetrazole rings is 1. The molecular formula is C8H5I2N5O2. The van der Waals surface area contributed by atoms with E-state index in [0.717, 1.165) is 0 Å². The van der Waals surface area contributed by atoms with Crippen molar-refractivity contribution in [1.29, 1.82) is 0 Å². The number of phenols is 1. The van der Waals surface area contributed by atoms with Gasteiger partial charge in [-0.25, -0.2) is 0 Å². The number of anilines is 1. The van der Waals surface area contributed by atoms with Crippen LogP contribution >= 0.6 is 45.2 Å². The Hall–Kier alpha value is -0.980. The average molecular weight is 457 g/mol. The molecular weight excluding hydrogens is 452 g/mol. The van der Waals surface area contributed by atoms with Crippen molar-refractivity contribution < 1.29 is 9.90 Å². The molecule has 0 unspecified atom stereocenters. The maximum absolute atomic E-state index is 11.8. The second kappa shape index (κ2) is 5.12. The molecule has 2 rings (SSSR count). The number of benzene rings is 1. The van der Waals surface area contributed by atoms with Gasteiger partial charge in [-0.2, -0.15) is 5.21 Å². The highest BCUT2D eigenvalue weighted by atomic mass is 127. The van der Waals surface area contributed by atoms with Crippen molar-refractivity contribution in [3.63, 3.8) is 0 Å². The minimum absolute atomic E-state index is 0.105. The lowest BCUT2D eigenvalue weighted by atomic mass is 10.2. The fourth-order valence-electron chi connectivity index (χ4n) is 1.09. The fourth-order valence-corrected chi connectivity index (χ4v) is 2.85. The molecule has 3 N–H and O–H groups in total. The third kappa shape index (κ3) is 2.83. The molecule has 17 heavy (non-hydrogen) atoms. The van der Waals surface area contributed by atoms with Crippen LogP contribution in [0.25, 0.3) is 0 Å². The molecule has 0 aliphatic heterocycles. The Morgan fingerprint density at radius 3 is 2.53 bits per heavy atom. The molecule has 0 radical (unpaired) electrons. The highest BCUT2D eigenvalue weighted by Gasteiger charge is 2.13. The van der Waals surface area contributed by atoms with Gasteiger partial charge in [0, 0.05) is 5.56 Å². The van der Waals surface area contributed by atoms with E-state index in [4.69, 9.17) is 0 Å². The molecule has 1 heterocycles. The number of carbonyl (C=O) groups is 1. The van der Waals surface area contributed by atoms with Crippen LogP contribution in [0.1, 0.15) is 10.4 Å². The first-order valence-corrected chi connectivity index (χ1v) is 6.46. The number of halogens is 2. The second-order valence-corrected chi connectivity index (χ2v) is 5.30. The number of amides is 1. The number of aromatic amines is 1. The van der Waals surface area contributed by atoms with E-state index >= 15 is 0 Å².